The minimum absolute atomic E-state index is 0.560. The number of hydrogen-bond acceptors (Lipinski definition) is 2. The number of hydrogen-bond donors (Lipinski definition) is 1. The van der Waals surface area contributed by atoms with E-state index in [1.165, 1.54) is 71.1 Å². The Hall–Kier alpha value is -0.0800. The van der Waals surface area contributed by atoms with Gasteiger partial charge in [0, 0.05) is 12.6 Å². The van der Waals surface area contributed by atoms with Crippen LogP contribution in [-0.4, -0.2) is 37.1 Å². The van der Waals surface area contributed by atoms with Gasteiger partial charge in [-0.2, -0.15) is 0 Å². The van der Waals surface area contributed by atoms with Crippen LogP contribution in [-0.2, 0) is 0 Å². The molecule has 2 atom stereocenters. The number of nitrogens with one attached hydrogen (secondary N) is 1. The molecule has 2 fully saturated rings. The summed E-state index contributed by atoms with van der Waals surface area (Å²) in [5, 5.41) is 3.82. The van der Waals surface area contributed by atoms with Gasteiger partial charge in [0.2, 0.25) is 0 Å². The average Bonchev–Trinajstić information content (AvgIpc) is 2.38. The molecule has 0 aromatic heterocycles. The van der Waals surface area contributed by atoms with Crippen molar-refractivity contribution in [2.24, 2.45) is 11.3 Å². The van der Waals surface area contributed by atoms with Gasteiger partial charge in [-0.15, -0.1) is 0 Å². The Morgan fingerprint density at radius 1 is 1.16 bits per heavy atom. The summed E-state index contributed by atoms with van der Waals surface area (Å²) in [5.41, 5.74) is 0.560. The molecule has 2 rings (SSSR count). The Kier molecular flexibility index (Phi) is 5.70. The molecule has 0 aromatic carbocycles. The molecular formula is C17H34N2. The van der Waals surface area contributed by atoms with Crippen LogP contribution < -0.4 is 5.32 Å². The second kappa shape index (κ2) is 7.08. The zero-order chi connectivity index (χ0) is 13.7. The lowest BCUT2D eigenvalue weighted by Crippen LogP contribution is -2.48. The highest BCUT2D eigenvalue weighted by Gasteiger charge is 2.35. The average molecular weight is 266 g/mol. The summed E-state index contributed by atoms with van der Waals surface area (Å²) in [6, 6.07) is 0.773. The fraction of sp³-hybridized carbons (Fsp3) is 1.00. The Labute approximate surface area is 120 Å². The summed E-state index contributed by atoms with van der Waals surface area (Å²) in [4.78, 5) is 2.73. The van der Waals surface area contributed by atoms with Crippen molar-refractivity contribution in [1.82, 2.24) is 10.2 Å². The molecule has 1 heterocycles. The molecule has 2 heteroatoms. The van der Waals surface area contributed by atoms with Crippen molar-refractivity contribution < 1.29 is 0 Å². The maximum Gasteiger partial charge on any atom is 0.0108 e. The smallest absolute Gasteiger partial charge is 0.0108 e. The van der Waals surface area contributed by atoms with Crippen LogP contribution in [0.5, 0.6) is 0 Å². The van der Waals surface area contributed by atoms with E-state index in [1.807, 2.05) is 0 Å². The van der Waals surface area contributed by atoms with E-state index in [1.54, 1.807) is 0 Å². The first-order valence-electron chi connectivity index (χ1n) is 8.56. The minimum Gasteiger partial charge on any atom is -0.314 e. The molecule has 1 aliphatic heterocycles. The van der Waals surface area contributed by atoms with Gasteiger partial charge in [-0.1, -0.05) is 27.2 Å². The maximum absolute atomic E-state index is 3.82. The van der Waals surface area contributed by atoms with E-state index in [0.717, 1.165) is 12.0 Å². The normalized spacial score (nSPS) is 32.4. The molecule has 0 spiro atoms. The third-order valence-corrected chi connectivity index (χ3v) is 5.11. The summed E-state index contributed by atoms with van der Waals surface area (Å²) in [7, 11) is 0. The van der Waals surface area contributed by atoms with Gasteiger partial charge in [0.1, 0.15) is 0 Å². The van der Waals surface area contributed by atoms with Crippen molar-refractivity contribution >= 4 is 0 Å². The van der Waals surface area contributed by atoms with Crippen LogP contribution in [0.15, 0.2) is 0 Å². The van der Waals surface area contributed by atoms with Crippen molar-refractivity contribution in [2.75, 3.05) is 26.2 Å². The number of nitrogens with zero attached hydrogens (tertiary/aromatic N) is 1. The predicted molar refractivity (Wildman–Crippen MR) is 83.5 cm³/mol. The molecule has 2 nitrogen and oxygen atoms in total. The predicted octanol–water partition coefficient (Wildman–Crippen LogP) is 3.67. The lowest BCUT2D eigenvalue weighted by molar-refractivity contribution is 0.0919. The van der Waals surface area contributed by atoms with E-state index in [-0.39, 0.29) is 0 Å². The summed E-state index contributed by atoms with van der Waals surface area (Å²) in [6.45, 7) is 12.4. The highest BCUT2D eigenvalue weighted by Crippen LogP contribution is 2.39. The van der Waals surface area contributed by atoms with Crippen LogP contribution in [0.3, 0.4) is 0 Å². The summed E-state index contributed by atoms with van der Waals surface area (Å²) >= 11 is 0. The third kappa shape index (κ3) is 4.75. The third-order valence-electron chi connectivity index (χ3n) is 5.11. The second-order valence-corrected chi connectivity index (χ2v) is 7.59. The molecule has 1 aliphatic carbocycles. The molecule has 2 unspecified atom stereocenters. The van der Waals surface area contributed by atoms with Gasteiger partial charge in [0.25, 0.3) is 0 Å². The van der Waals surface area contributed by atoms with E-state index >= 15 is 0 Å². The molecule has 19 heavy (non-hydrogen) atoms. The van der Waals surface area contributed by atoms with Crippen molar-refractivity contribution in [1.29, 1.82) is 0 Å². The first kappa shape index (κ1) is 15.3. The molecule has 2 aliphatic rings. The molecule has 1 saturated carbocycles. The Bertz CT molecular complexity index is 256. The van der Waals surface area contributed by atoms with Crippen LogP contribution in [0, 0.1) is 11.3 Å². The topological polar surface area (TPSA) is 15.3 Å². The monoisotopic (exact) mass is 266 g/mol. The van der Waals surface area contributed by atoms with Gasteiger partial charge in [0.05, 0.1) is 0 Å². The highest BCUT2D eigenvalue weighted by atomic mass is 15.1. The number of rotatable bonds is 5. The second-order valence-electron chi connectivity index (χ2n) is 7.59. The Morgan fingerprint density at radius 3 is 2.58 bits per heavy atom. The summed E-state index contributed by atoms with van der Waals surface area (Å²) in [6.07, 6.45) is 9.73. The summed E-state index contributed by atoms with van der Waals surface area (Å²) in [5.74, 6) is 0.869. The molecule has 0 bridgehead atoms. The largest absolute Gasteiger partial charge is 0.314 e. The van der Waals surface area contributed by atoms with Crippen LogP contribution >= 0.6 is 0 Å². The lowest BCUT2D eigenvalue weighted by atomic mass is 9.69. The highest BCUT2D eigenvalue weighted by molar-refractivity contribution is 4.90. The Balaban J connectivity index is 1.89. The first-order chi connectivity index (χ1) is 9.11. The van der Waals surface area contributed by atoms with E-state index < -0.39 is 0 Å². The number of likely N-dealkylation sites (tertiary alicyclic amines) is 1. The van der Waals surface area contributed by atoms with Gasteiger partial charge in [-0.3, -0.25) is 0 Å². The molecular weight excluding hydrogens is 232 g/mol. The Morgan fingerprint density at radius 2 is 1.89 bits per heavy atom. The standard InChI is InChI=1S/C17H34N2/c1-4-10-18-16-8-9-17(2,3)13-15(16)14-19-11-6-5-7-12-19/h15-16,18H,4-14H2,1-3H3. The van der Waals surface area contributed by atoms with Crippen molar-refractivity contribution in [3.8, 4) is 0 Å². The number of piperidine rings is 1. The fourth-order valence-electron chi connectivity index (χ4n) is 4.00. The van der Waals surface area contributed by atoms with E-state index in [2.05, 4.69) is 31.0 Å². The molecule has 112 valence electrons. The first-order valence-corrected chi connectivity index (χ1v) is 8.56. The van der Waals surface area contributed by atoms with Crippen LogP contribution in [0.2, 0.25) is 0 Å². The van der Waals surface area contributed by atoms with Gasteiger partial charge in [-0.05, 0) is 69.5 Å². The van der Waals surface area contributed by atoms with Crippen LogP contribution in [0.1, 0.15) is 65.7 Å². The lowest BCUT2D eigenvalue weighted by Gasteiger charge is -2.43. The van der Waals surface area contributed by atoms with Gasteiger partial charge in [-0.25, -0.2) is 0 Å². The minimum atomic E-state index is 0.560. The van der Waals surface area contributed by atoms with E-state index in [4.69, 9.17) is 0 Å². The zero-order valence-electron chi connectivity index (χ0n) is 13.4. The molecule has 0 aromatic rings. The SMILES string of the molecule is CCCNC1CCC(C)(C)CC1CN1CCCCC1. The van der Waals surface area contributed by atoms with Crippen molar-refractivity contribution in [2.45, 2.75) is 71.8 Å². The van der Waals surface area contributed by atoms with E-state index in [0.29, 0.717) is 5.41 Å². The maximum atomic E-state index is 3.82. The van der Waals surface area contributed by atoms with Crippen molar-refractivity contribution in [3.63, 3.8) is 0 Å². The molecule has 1 saturated heterocycles. The summed E-state index contributed by atoms with van der Waals surface area (Å²) < 4.78 is 0. The van der Waals surface area contributed by atoms with Crippen molar-refractivity contribution in [3.05, 3.63) is 0 Å². The van der Waals surface area contributed by atoms with Crippen LogP contribution in [0.25, 0.3) is 0 Å². The van der Waals surface area contributed by atoms with Gasteiger partial charge < -0.3 is 10.2 Å². The fourth-order valence-corrected chi connectivity index (χ4v) is 4.00. The molecule has 0 radical (unpaired) electrons. The quantitative estimate of drug-likeness (QED) is 0.817. The van der Waals surface area contributed by atoms with Gasteiger partial charge >= 0.3 is 0 Å². The zero-order valence-corrected chi connectivity index (χ0v) is 13.4. The van der Waals surface area contributed by atoms with Crippen LogP contribution in [0.4, 0.5) is 0 Å². The molecule has 1 N–H and O–H groups in total. The van der Waals surface area contributed by atoms with Gasteiger partial charge in [0.15, 0.2) is 0 Å². The molecule has 0 amide bonds. The van der Waals surface area contributed by atoms with E-state index in [9.17, 15) is 0 Å².